The predicted molar refractivity (Wildman–Crippen MR) is 199 cm³/mol. The van der Waals surface area contributed by atoms with Gasteiger partial charge in [0.15, 0.2) is 0 Å². The molecule has 264 valence electrons. The first-order chi connectivity index (χ1) is 23.8. The van der Waals surface area contributed by atoms with Gasteiger partial charge in [0.1, 0.15) is 4.99 Å². The number of carbonyl (C=O) groups excluding carboxylic acids is 2. The molecule has 1 aliphatic carbocycles. The summed E-state index contributed by atoms with van der Waals surface area (Å²) in [5.74, 6) is 0.211. The normalized spacial score (nSPS) is 18.4. The summed E-state index contributed by atoms with van der Waals surface area (Å²) in [6.07, 6.45) is 9.50. The molecule has 6 rings (SSSR count). The van der Waals surface area contributed by atoms with E-state index in [0.717, 1.165) is 111 Å². The molecule has 1 spiro atoms. The van der Waals surface area contributed by atoms with Crippen molar-refractivity contribution in [2.75, 3.05) is 52.6 Å². The highest BCUT2D eigenvalue weighted by Gasteiger charge is 2.48. The van der Waals surface area contributed by atoms with Crippen molar-refractivity contribution in [2.24, 2.45) is 17.1 Å². The summed E-state index contributed by atoms with van der Waals surface area (Å²) in [5, 5.41) is 7.98. The van der Waals surface area contributed by atoms with Crippen LogP contribution in [0.2, 0.25) is 5.02 Å². The van der Waals surface area contributed by atoms with Crippen LogP contribution in [0.25, 0.3) is 22.0 Å². The fraction of sp³-hybridized carbons (Fsp3) is 0.553. The predicted octanol–water partition coefficient (Wildman–Crippen LogP) is 5.99. The molecular formula is C38H50ClN5O4S. The van der Waals surface area contributed by atoms with Gasteiger partial charge in [-0.3, -0.25) is 9.59 Å². The molecule has 2 aliphatic heterocycles. The summed E-state index contributed by atoms with van der Waals surface area (Å²) in [6, 6.07) is 12.5. The minimum absolute atomic E-state index is 0.0434. The Balaban J connectivity index is 1.03. The van der Waals surface area contributed by atoms with Gasteiger partial charge in [0.2, 0.25) is 11.8 Å². The van der Waals surface area contributed by atoms with E-state index >= 15 is 0 Å². The number of hydrogen-bond donors (Lipinski definition) is 3. The highest BCUT2D eigenvalue weighted by atomic mass is 35.5. The summed E-state index contributed by atoms with van der Waals surface area (Å²) in [6.45, 7) is 8.63. The third kappa shape index (κ3) is 8.48. The lowest BCUT2D eigenvalue weighted by Crippen LogP contribution is -2.51. The molecule has 0 bridgehead atoms. The van der Waals surface area contributed by atoms with Gasteiger partial charge in [-0.2, -0.15) is 0 Å². The minimum Gasteiger partial charge on any atom is -0.389 e. The summed E-state index contributed by atoms with van der Waals surface area (Å²) < 4.78 is 13.4. The third-order valence-electron chi connectivity index (χ3n) is 10.7. The number of nitrogens with two attached hydrogens (primary N) is 1. The topological polar surface area (TPSA) is 111 Å². The number of rotatable bonds is 14. The van der Waals surface area contributed by atoms with Crippen molar-refractivity contribution in [1.29, 1.82) is 0 Å². The molecule has 3 aliphatic rings. The first-order valence-corrected chi connectivity index (χ1v) is 18.7. The Morgan fingerprint density at radius 3 is 2.61 bits per heavy atom. The van der Waals surface area contributed by atoms with Crippen molar-refractivity contribution in [3.05, 3.63) is 58.7 Å². The zero-order valence-corrected chi connectivity index (χ0v) is 30.2. The number of piperidine rings is 1. The van der Waals surface area contributed by atoms with Gasteiger partial charge in [0.05, 0.1) is 17.1 Å². The number of nitrogens with zero attached hydrogens (tertiary/aromatic N) is 2. The zero-order valence-electron chi connectivity index (χ0n) is 28.6. The number of ether oxygens (including phenoxy) is 2. The number of benzene rings is 2. The van der Waals surface area contributed by atoms with Gasteiger partial charge >= 0.3 is 0 Å². The Bertz CT molecular complexity index is 1640. The molecule has 49 heavy (non-hydrogen) atoms. The first-order valence-electron chi connectivity index (χ1n) is 17.9. The number of halogens is 1. The van der Waals surface area contributed by atoms with E-state index in [2.05, 4.69) is 45.4 Å². The molecule has 3 heterocycles. The number of aromatic nitrogens is 1. The van der Waals surface area contributed by atoms with Crippen molar-refractivity contribution < 1.29 is 19.1 Å². The standard InChI is InChI=1S/C38H50ClN5O4S/c1-2-17-47-20-10-33(45)41-13-16-43-14-11-38(12-15-43)22-29(23-38)37(46)42-24-28-6-7-31-32(26-4-3-5-27(21-26)36(40)49)25-44(35(31)34(28)39)30-8-18-48-19-9-30/h3-7,21,25,29-30H,2,8-20,22-24H2,1H3,(H2,40,49)(H,41,45)(H,42,46). The van der Waals surface area contributed by atoms with Crippen LogP contribution in [-0.2, 0) is 25.6 Å². The van der Waals surface area contributed by atoms with Gasteiger partial charge in [-0.1, -0.05) is 61.1 Å². The van der Waals surface area contributed by atoms with Gasteiger partial charge in [0.25, 0.3) is 0 Å². The van der Waals surface area contributed by atoms with E-state index in [1.165, 1.54) is 0 Å². The van der Waals surface area contributed by atoms with Crippen LogP contribution in [0.4, 0.5) is 0 Å². The lowest BCUT2D eigenvalue weighted by atomic mass is 9.57. The lowest BCUT2D eigenvalue weighted by Gasteiger charge is -2.51. The second-order valence-electron chi connectivity index (χ2n) is 14.1. The fourth-order valence-corrected chi connectivity index (χ4v) is 8.27. The maximum absolute atomic E-state index is 13.3. The Morgan fingerprint density at radius 1 is 1.10 bits per heavy atom. The van der Waals surface area contributed by atoms with E-state index in [9.17, 15) is 9.59 Å². The largest absolute Gasteiger partial charge is 0.389 e. The molecule has 3 fully saturated rings. The Morgan fingerprint density at radius 2 is 1.88 bits per heavy atom. The van der Waals surface area contributed by atoms with E-state index in [1.807, 2.05) is 24.3 Å². The molecule has 11 heteroatoms. The van der Waals surface area contributed by atoms with Crippen LogP contribution >= 0.6 is 23.8 Å². The minimum atomic E-state index is 0.0434. The van der Waals surface area contributed by atoms with E-state index in [1.54, 1.807) is 0 Å². The summed E-state index contributed by atoms with van der Waals surface area (Å²) in [7, 11) is 0. The number of amides is 2. The van der Waals surface area contributed by atoms with Gasteiger partial charge in [-0.15, -0.1) is 0 Å². The highest BCUT2D eigenvalue weighted by molar-refractivity contribution is 7.80. The maximum Gasteiger partial charge on any atom is 0.223 e. The first kappa shape index (κ1) is 35.8. The molecule has 3 aromatic rings. The van der Waals surface area contributed by atoms with Crippen molar-refractivity contribution in [3.63, 3.8) is 0 Å². The van der Waals surface area contributed by atoms with Crippen LogP contribution < -0.4 is 16.4 Å². The van der Waals surface area contributed by atoms with E-state index in [4.69, 9.17) is 39.0 Å². The molecule has 2 amide bonds. The van der Waals surface area contributed by atoms with Crippen LogP contribution in [-0.4, -0.2) is 78.9 Å². The van der Waals surface area contributed by atoms with Crippen molar-refractivity contribution in [2.45, 2.75) is 70.9 Å². The molecular weight excluding hydrogens is 658 g/mol. The Labute approximate surface area is 300 Å². The summed E-state index contributed by atoms with van der Waals surface area (Å²) in [4.78, 5) is 28.1. The molecule has 0 radical (unpaired) electrons. The SMILES string of the molecule is CCCOCCC(=O)NCCN1CCC2(CC1)CC(C(=O)NCc1ccc3c(-c4cccc(C(N)=S)c4)cn(C4CCOCC4)c3c1Cl)C2. The second-order valence-corrected chi connectivity index (χ2v) is 14.9. The van der Waals surface area contributed by atoms with Crippen LogP contribution in [0.5, 0.6) is 0 Å². The molecule has 1 aromatic heterocycles. The quantitative estimate of drug-likeness (QED) is 0.140. The van der Waals surface area contributed by atoms with Gasteiger partial charge < -0.3 is 35.3 Å². The van der Waals surface area contributed by atoms with Crippen LogP contribution in [0, 0.1) is 11.3 Å². The fourth-order valence-electron chi connectivity index (χ4n) is 7.82. The van der Waals surface area contributed by atoms with Crippen LogP contribution in [0.3, 0.4) is 0 Å². The highest BCUT2D eigenvalue weighted by Crippen LogP contribution is 2.52. The average Bonchev–Trinajstić information content (AvgIpc) is 3.50. The van der Waals surface area contributed by atoms with Crippen LogP contribution in [0.1, 0.15) is 75.5 Å². The van der Waals surface area contributed by atoms with Gasteiger partial charge in [-0.05, 0) is 80.6 Å². The van der Waals surface area contributed by atoms with Crippen molar-refractivity contribution in [1.82, 2.24) is 20.1 Å². The molecule has 0 unspecified atom stereocenters. The van der Waals surface area contributed by atoms with Gasteiger partial charge in [-0.25, -0.2) is 0 Å². The Kier molecular flexibility index (Phi) is 11.9. The number of fused-ring (bicyclic) bond motifs is 1. The average molecular weight is 708 g/mol. The van der Waals surface area contributed by atoms with Crippen molar-refractivity contribution in [3.8, 4) is 11.1 Å². The van der Waals surface area contributed by atoms with E-state index < -0.39 is 0 Å². The molecule has 2 saturated heterocycles. The Hall–Kier alpha value is -3.02. The summed E-state index contributed by atoms with van der Waals surface area (Å²) >= 11 is 12.5. The summed E-state index contributed by atoms with van der Waals surface area (Å²) in [5.41, 5.74) is 11.1. The molecule has 9 nitrogen and oxygen atoms in total. The molecule has 1 saturated carbocycles. The number of carbonyl (C=O) groups is 2. The van der Waals surface area contributed by atoms with Crippen molar-refractivity contribution >= 4 is 51.5 Å². The lowest BCUT2D eigenvalue weighted by molar-refractivity contribution is -0.135. The maximum atomic E-state index is 13.3. The third-order valence-corrected chi connectivity index (χ3v) is 11.4. The zero-order chi connectivity index (χ0) is 34.4. The van der Waals surface area contributed by atoms with Crippen LogP contribution in [0.15, 0.2) is 42.6 Å². The smallest absolute Gasteiger partial charge is 0.223 e. The molecule has 4 N–H and O–H groups in total. The second kappa shape index (κ2) is 16.3. The number of thiocarbonyl (C=S) groups is 1. The monoisotopic (exact) mass is 707 g/mol. The van der Waals surface area contributed by atoms with Gasteiger partial charge in [0, 0.05) is 80.5 Å². The van der Waals surface area contributed by atoms with E-state index in [-0.39, 0.29) is 29.2 Å². The number of nitrogens with one attached hydrogen (secondary N) is 2. The number of likely N-dealkylation sites (tertiary alicyclic amines) is 1. The number of hydrogen-bond acceptors (Lipinski definition) is 6. The van der Waals surface area contributed by atoms with E-state index in [0.29, 0.717) is 42.7 Å². The molecule has 2 aromatic carbocycles. The molecule has 0 atom stereocenters.